The molecule has 2 heterocycles. The van der Waals surface area contributed by atoms with Gasteiger partial charge in [0.25, 0.3) is 5.91 Å². The highest BCUT2D eigenvalue weighted by atomic mass is 16.2. The van der Waals surface area contributed by atoms with E-state index in [1.807, 2.05) is 17.6 Å². The summed E-state index contributed by atoms with van der Waals surface area (Å²) in [7, 11) is 0. The maximum atomic E-state index is 12.2. The third-order valence-corrected chi connectivity index (χ3v) is 3.45. The summed E-state index contributed by atoms with van der Waals surface area (Å²) in [5, 5.41) is 17.1. The number of aromatic nitrogens is 3. The number of fused-ring (bicyclic) bond motifs is 1. The number of benzene rings is 1. The lowest BCUT2D eigenvalue weighted by Crippen LogP contribution is -2.40. The molecule has 20 heavy (non-hydrogen) atoms. The van der Waals surface area contributed by atoms with E-state index in [2.05, 4.69) is 16.3 Å². The van der Waals surface area contributed by atoms with E-state index in [0.29, 0.717) is 36.8 Å². The van der Waals surface area contributed by atoms with Gasteiger partial charge in [0.2, 0.25) is 5.82 Å². The van der Waals surface area contributed by atoms with Gasteiger partial charge in [0.05, 0.1) is 11.6 Å². The summed E-state index contributed by atoms with van der Waals surface area (Å²) in [5.41, 5.74) is 1.37. The minimum atomic E-state index is -0.0889. The molecule has 0 saturated heterocycles. The Morgan fingerprint density at radius 2 is 2.10 bits per heavy atom. The van der Waals surface area contributed by atoms with Crippen molar-refractivity contribution in [1.82, 2.24) is 19.7 Å². The monoisotopic (exact) mass is 267 g/mol. The first kappa shape index (κ1) is 12.4. The van der Waals surface area contributed by atoms with Crippen LogP contribution in [0.25, 0.3) is 11.4 Å². The van der Waals surface area contributed by atoms with Crippen LogP contribution in [0.4, 0.5) is 0 Å². The van der Waals surface area contributed by atoms with E-state index in [-0.39, 0.29) is 5.91 Å². The first-order chi connectivity index (χ1) is 9.74. The van der Waals surface area contributed by atoms with E-state index in [4.69, 9.17) is 5.26 Å². The third kappa shape index (κ3) is 1.84. The van der Waals surface area contributed by atoms with E-state index in [0.717, 1.165) is 5.56 Å². The second-order valence-corrected chi connectivity index (χ2v) is 4.58. The second-order valence-electron chi connectivity index (χ2n) is 4.58. The fraction of sp³-hybridized carbons (Fsp3) is 0.286. The quantitative estimate of drug-likeness (QED) is 0.821. The molecule has 100 valence electrons. The van der Waals surface area contributed by atoms with Gasteiger partial charge in [0, 0.05) is 25.2 Å². The summed E-state index contributed by atoms with van der Waals surface area (Å²) in [5.74, 6) is 0.922. The zero-order chi connectivity index (χ0) is 14.1. The fourth-order valence-electron chi connectivity index (χ4n) is 2.38. The Morgan fingerprint density at radius 1 is 1.30 bits per heavy atom. The number of nitriles is 1. The van der Waals surface area contributed by atoms with Crippen molar-refractivity contribution in [2.45, 2.75) is 13.5 Å². The van der Waals surface area contributed by atoms with Crippen molar-refractivity contribution in [3.63, 3.8) is 0 Å². The van der Waals surface area contributed by atoms with Gasteiger partial charge in [0.15, 0.2) is 5.82 Å². The highest BCUT2D eigenvalue weighted by molar-refractivity contribution is 5.92. The van der Waals surface area contributed by atoms with Crippen LogP contribution >= 0.6 is 0 Å². The van der Waals surface area contributed by atoms with Crippen molar-refractivity contribution >= 4 is 5.91 Å². The smallest absolute Gasteiger partial charge is 0.291 e. The molecule has 0 spiro atoms. The Labute approximate surface area is 116 Å². The fourth-order valence-corrected chi connectivity index (χ4v) is 2.38. The first-order valence-electron chi connectivity index (χ1n) is 6.47. The highest BCUT2D eigenvalue weighted by Gasteiger charge is 2.28. The normalized spacial score (nSPS) is 14.0. The Kier molecular flexibility index (Phi) is 2.95. The molecule has 0 saturated carbocycles. The Hall–Kier alpha value is -2.68. The molecule has 6 heteroatoms. The summed E-state index contributed by atoms with van der Waals surface area (Å²) in [6.07, 6.45) is 0. The molecule has 1 aromatic carbocycles. The zero-order valence-electron chi connectivity index (χ0n) is 11.1. The van der Waals surface area contributed by atoms with Gasteiger partial charge >= 0.3 is 0 Å². The lowest BCUT2D eigenvalue weighted by molar-refractivity contribution is 0.0707. The van der Waals surface area contributed by atoms with Gasteiger partial charge in [-0.15, -0.1) is 10.2 Å². The molecule has 0 bridgehead atoms. The number of carbonyl (C=O) groups excluding carboxylic acids is 1. The van der Waals surface area contributed by atoms with Crippen LogP contribution in [0.3, 0.4) is 0 Å². The summed E-state index contributed by atoms with van der Waals surface area (Å²) in [4.78, 5) is 13.9. The maximum absolute atomic E-state index is 12.2. The predicted octanol–water partition coefficient (Wildman–Crippen LogP) is 1.29. The molecule has 0 N–H and O–H groups in total. The molecule has 1 aliphatic rings. The number of hydrogen-bond donors (Lipinski definition) is 0. The van der Waals surface area contributed by atoms with Crippen molar-refractivity contribution in [2.75, 3.05) is 13.1 Å². The van der Waals surface area contributed by atoms with E-state index >= 15 is 0 Å². The third-order valence-electron chi connectivity index (χ3n) is 3.45. The van der Waals surface area contributed by atoms with Gasteiger partial charge in [-0.05, 0) is 19.1 Å². The molecule has 0 unspecified atom stereocenters. The topological polar surface area (TPSA) is 74.8 Å². The van der Waals surface area contributed by atoms with Crippen molar-refractivity contribution in [3.8, 4) is 17.5 Å². The van der Waals surface area contributed by atoms with Gasteiger partial charge in [0.1, 0.15) is 0 Å². The number of rotatable bonds is 2. The van der Waals surface area contributed by atoms with Crippen LogP contribution in [0.15, 0.2) is 24.3 Å². The van der Waals surface area contributed by atoms with Gasteiger partial charge in [-0.25, -0.2) is 0 Å². The zero-order valence-corrected chi connectivity index (χ0v) is 11.1. The SMILES string of the molecule is CCN1CCn2c(nnc2-c2cccc(C#N)c2)C1=O. The van der Waals surface area contributed by atoms with Gasteiger partial charge in [-0.1, -0.05) is 12.1 Å². The van der Waals surface area contributed by atoms with Crippen LogP contribution in [0.2, 0.25) is 0 Å². The standard InChI is InChI=1S/C14H13N5O/c1-2-18-6-7-19-12(16-17-13(19)14(18)20)11-5-3-4-10(8-11)9-15/h3-5,8H,2,6-7H2,1H3. The largest absolute Gasteiger partial charge is 0.334 e. The van der Waals surface area contributed by atoms with Gasteiger partial charge in [-0.2, -0.15) is 5.26 Å². The molecule has 0 aliphatic carbocycles. The molecule has 1 amide bonds. The van der Waals surface area contributed by atoms with Crippen LogP contribution in [0, 0.1) is 11.3 Å². The highest BCUT2D eigenvalue weighted by Crippen LogP contribution is 2.22. The van der Waals surface area contributed by atoms with Gasteiger partial charge in [-0.3, -0.25) is 4.79 Å². The lowest BCUT2D eigenvalue weighted by atomic mass is 10.1. The van der Waals surface area contributed by atoms with Crippen LogP contribution in [0.5, 0.6) is 0 Å². The average Bonchev–Trinajstić information content (AvgIpc) is 2.92. The number of amides is 1. The van der Waals surface area contributed by atoms with Crippen molar-refractivity contribution in [1.29, 1.82) is 5.26 Å². The van der Waals surface area contributed by atoms with Gasteiger partial charge < -0.3 is 9.47 Å². The number of nitrogens with zero attached hydrogens (tertiary/aromatic N) is 5. The predicted molar refractivity (Wildman–Crippen MR) is 71.8 cm³/mol. The van der Waals surface area contributed by atoms with E-state index in [1.165, 1.54) is 0 Å². The maximum Gasteiger partial charge on any atom is 0.291 e. The summed E-state index contributed by atoms with van der Waals surface area (Å²) >= 11 is 0. The molecule has 1 aromatic heterocycles. The first-order valence-corrected chi connectivity index (χ1v) is 6.47. The minimum Gasteiger partial charge on any atom is -0.334 e. The molecule has 0 fully saturated rings. The summed E-state index contributed by atoms with van der Waals surface area (Å²) in [6.45, 7) is 3.95. The molecule has 0 radical (unpaired) electrons. The van der Waals surface area contributed by atoms with E-state index < -0.39 is 0 Å². The minimum absolute atomic E-state index is 0.0889. The van der Waals surface area contributed by atoms with Crippen LogP contribution in [-0.2, 0) is 6.54 Å². The number of carbonyl (C=O) groups is 1. The van der Waals surface area contributed by atoms with Crippen molar-refractivity contribution in [2.24, 2.45) is 0 Å². The van der Waals surface area contributed by atoms with Crippen molar-refractivity contribution in [3.05, 3.63) is 35.7 Å². The van der Waals surface area contributed by atoms with E-state index in [9.17, 15) is 4.79 Å². The van der Waals surface area contributed by atoms with Crippen LogP contribution in [0.1, 0.15) is 23.1 Å². The van der Waals surface area contributed by atoms with Crippen molar-refractivity contribution < 1.29 is 4.79 Å². The second kappa shape index (κ2) is 4.78. The average molecular weight is 267 g/mol. The molecule has 3 rings (SSSR count). The van der Waals surface area contributed by atoms with Crippen LogP contribution < -0.4 is 0 Å². The molecule has 6 nitrogen and oxygen atoms in total. The molecule has 2 aromatic rings. The van der Waals surface area contributed by atoms with E-state index in [1.54, 1.807) is 23.1 Å². The molecular weight excluding hydrogens is 254 g/mol. The summed E-state index contributed by atoms with van der Waals surface area (Å²) in [6, 6.07) is 9.27. The lowest BCUT2D eigenvalue weighted by Gasteiger charge is -2.26. The molecule has 0 atom stereocenters. The molecular formula is C14H13N5O. The molecule has 1 aliphatic heterocycles. The Morgan fingerprint density at radius 3 is 2.85 bits per heavy atom. The summed E-state index contributed by atoms with van der Waals surface area (Å²) < 4.78 is 1.82. The Bertz CT molecular complexity index is 713. The Balaban J connectivity index is 2.06. The number of likely N-dealkylation sites (N-methyl/N-ethyl adjacent to an activating group) is 1. The van der Waals surface area contributed by atoms with Crippen LogP contribution in [-0.4, -0.2) is 38.7 Å². The number of hydrogen-bond acceptors (Lipinski definition) is 4.